The Hall–Kier alpha value is -2.21. The van der Waals surface area contributed by atoms with Crippen LogP contribution in [0.4, 0.5) is 8.78 Å². The summed E-state index contributed by atoms with van der Waals surface area (Å²) in [5.74, 6) is -3.31. The van der Waals surface area contributed by atoms with Gasteiger partial charge >= 0.3 is 0 Å². The number of carbonyl (C=O) groups is 1. The number of nitrogens with zero attached hydrogens (tertiary/aromatic N) is 2. The maximum Gasteiger partial charge on any atom is 0.277 e. The zero-order valence-electron chi connectivity index (χ0n) is 20.2. The quantitative estimate of drug-likeness (QED) is 0.613. The van der Waals surface area contributed by atoms with E-state index >= 15 is 0 Å². The molecule has 6 heteroatoms. The molecule has 33 heavy (non-hydrogen) atoms. The highest BCUT2D eigenvalue weighted by Crippen LogP contribution is 2.46. The molecule has 0 saturated heterocycles. The van der Waals surface area contributed by atoms with E-state index in [4.69, 9.17) is 0 Å². The van der Waals surface area contributed by atoms with Crippen LogP contribution in [0.2, 0.25) is 0 Å². The van der Waals surface area contributed by atoms with Crippen LogP contribution in [0.15, 0.2) is 48.2 Å². The van der Waals surface area contributed by atoms with Gasteiger partial charge in [-0.2, -0.15) is 0 Å². The van der Waals surface area contributed by atoms with Crippen LogP contribution in [0.25, 0.3) is 0 Å². The minimum atomic E-state index is -3.29. The second kappa shape index (κ2) is 8.53. The molecular formula is C27H36F2N2O2. The largest absolute Gasteiger partial charge is 0.379 e. The summed E-state index contributed by atoms with van der Waals surface area (Å²) >= 11 is 0. The van der Waals surface area contributed by atoms with E-state index in [2.05, 4.69) is 42.1 Å². The molecule has 2 fully saturated rings. The molecule has 0 aromatic heterocycles. The van der Waals surface area contributed by atoms with Gasteiger partial charge in [-0.05, 0) is 86.4 Å². The van der Waals surface area contributed by atoms with Crippen LogP contribution in [-0.4, -0.2) is 52.4 Å². The molecule has 2 aliphatic carbocycles. The van der Waals surface area contributed by atoms with Crippen molar-refractivity contribution in [2.75, 3.05) is 13.6 Å². The van der Waals surface area contributed by atoms with E-state index in [1.54, 1.807) is 12.1 Å². The second-order valence-electron chi connectivity index (χ2n) is 10.7. The Morgan fingerprint density at radius 3 is 2.18 bits per heavy atom. The Bertz CT molecular complexity index is 934. The summed E-state index contributed by atoms with van der Waals surface area (Å²) in [6, 6.07) is 6.54. The van der Waals surface area contributed by atoms with Crippen molar-refractivity contribution >= 4 is 5.91 Å². The number of alkyl halides is 2. The van der Waals surface area contributed by atoms with E-state index in [1.807, 2.05) is 0 Å². The van der Waals surface area contributed by atoms with Crippen LogP contribution in [0.3, 0.4) is 0 Å². The Morgan fingerprint density at radius 1 is 1.09 bits per heavy atom. The van der Waals surface area contributed by atoms with E-state index in [0.717, 1.165) is 52.0 Å². The van der Waals surface area contributed by atoms with Gasteiger partial charge in [-0.3, -0.25) is 4.79 Å². The fourth-order valence-electron chi connectivity index (χ4n) is 5.23. The number of hydrogen-bond acceptors (Lipinski definition) is 3. The summed E-state index contributed by atoms with van der Waals surface area (Å²) in [6.45, 7) is 5.11. The fourth-order valence-corrected chi connectivity index (χ4v) is 5.23. The van der Waals surface area contributed by atoms with E-state index in [1.165, 1.54) is 17.7 Å². The molecule has 0 unspecified atom stereocenters. The van der Waals surface area contributed by atoms with Gasteiger partial charge in [-0.15, -0.1) is 0 Å². The van der Waals surface area contributed by atoms with Crippen LogP contribution in [0.1, 0.15) is 75.2 Å². The second-order valence-corrected chi connectivity index (χ2v) is 10.7. The normalized spacial score (nSPS) is 27.7. The average molecular weight is 459 g/mol. The first-order chi connectivity index (χ1) is 15.4. The van der Waals surface area contributed by atoms with Crippen molar-refractivity contribution in [3.05, 3.63) is 59.3 Å². The molecule has 1 amide bonds. The topological polar surface area (TPSA) is 43.8 Å². The molecule has 1 heterocycles. The summed E-state index contributed by atoms with van der Waals surface area (Å²) < 4.78 is 27.6. The van der Waals surface area contributed by atoms with Crippen LogP contribution >= 0.6 is 0 Å². The Kier molecular flexibility index (Phi) is 6.19. The molecule has 4 rings (SSSR count). The highest BCUT2D eigenvalue weighted by Gasteiger charge is 2.46. The third kappa shape index (κ3) is 4.72. The molecule has 0 radical (unpaired) electrons. The minimum absolute atomic E-state index is 0.0277. The van der Waals surface area contributed by atoms with Gasteiger partial charge in [0.1, 0.15) is 5.60 Å². The maximum absolute atomic E-state index is 13.8. The molecule has 4 nitrogen and oxygen atoms in total. The third-order valence-electron chi connectivity index (χ3n) is 8.01. The van der Waals surface area contributed by atoms with Gasteiger partial charge in [0.2, 0.25) is 0 Å². The third-order valence-corrected chi connectivity index (χ3v) is 8.01. The molecule has 1 N–H and O–H groups in total. The van der Waals surface area contributed by atoms with Crippen molar-refractivity contribution in [1.82, 2.24) is 9.80 Å². The number of allylic oxidation sites excluding steroid dienone is 2. The van der Waals surface area contributed by atoms with E-state index in [9.17, 15) is 18.7 Å². The summed E-state index contributed by atoms with van der Waals surface area (Å²) in [4.78, 5) is 17.7. The molecule has 0 spiro atoms. The number of amides is 1. The molecular weight excluding hydrogens is 422 g/mol. The van der Waals surface area contributed by atoms with Crippen molar-refractivity contribution in [3.8, 4) is 0 Å². The number of benzene rings is 1. The fraction of sp³-hybridized carbons (Fsp3) is 0.593. The standard InChI is InChI=1S/C27H36F2N2O2/c1-25(21-6-5-17-30(4)18-21)15-13-23(14-16-25)31(22-11-12-22)24(32)19-7-9-20(10-8-19)26(2,33)27(3,28)29/h5-10,17,22-23,33H,11-16,18H2,1-4H3/t23?,25?,26-/m0/s1. The number of likely N-dealkylation sites (N-methyl/N-ethyl adjacent to an activating group) is 1. The molecule has 0 bridgehead atoms. The molecule has 2 saturated carbocycles. The summed E-state index contributed by atoms with van der Waals surface area (Å²) in [5, 5.41) is 10.3. The smallest absolute Gasteiger partial charge is 0.277 e. The first-order valence-corrected chi connectivity index (χ1v) is 12.0. The zero-order chi connectivity index (χ0) is 24.0. The predicted octanol–water partition coefficient (Wildman–Crippen LogP) is 5.49. The van der Waals surface area contributed by atoms with Crippen LogP contribution in [-0.2, 0) is 5.60 Å². The lowest BCUT2D eigenvalue weighted by atomic mass is 9.68. The van der Waals surface area contributed by atoms with Crippen molar-refractivity contribution in [1.29, 1.82) is 0 Å². The van der Waals surface area contributed by atoms with Gasteiger partial charge in [-0.1, -0.05) is 25.1 Å². The predicted molar refractivity (Wildman–Crippen MR) is 126 cm³/mol. The monoisotopic (exact) mass is 458 g/mol. The van der Waals surface area contributed by atoms with Crippen molar-refractivity contribution < 1.29 is 18.7 Å². The van der Waals surface area contributed by atoms with E-state index in [-0.39, 0.29) is 29.0 Å². The first-order valence-electron chi connectivity index (χ1n) is 12.0. The van der Waals surface area contributed by atoms with Gasteiger partial charge in [-0.25, -0.2) is 8.78 Å². The van der Waals surface area contributed by atoms with Crippen LogP contribution in [0, 0.1) is 5.41 Å². The van der Waals surface area contributed by atoms with Crippen LogP contribution < -0.4 is 0 Å². The SMILES string of the molecule is CN1C=CC=C(C2(C)CCC(N(C(=O)c3ccc([C@](C)(O)C(C)(F)F)cc3)C3CC3)CC2)C1. The number of halogens is 2. The molecule has 180 valence electrons. The van der Waals surface area contributed by atoms with Gasteiger partial charge in [0.25, 0.3) is 11.8 Å². The minimum Gasteiger partial charge on any atom is -0.379 e. The maximum atomic E-state index is 13.8. The molecule has 1 aromatic rings. The van der Waals surface area contributed by atoms with Gasteiger partial charge in [0, 0.05) is 38.2 Å². The molecule has 3 aliphatic rings. The first kappa shape index (κ1) is 23.9. The highest BCUT2D eigenvalue weighted by atomic mass is 19.3. The molecule has 1 aliphatic heterocycles. The average Bonchev–Trinajstić information content (AvgIpc) is 3.60. The zero-order valence-corrected chi connectivity index (χ0v) is 20.2. The van der Waals surface area contributed by atoms with Crippen molar-refractivity contribution in [3.63, 3.8) is 0 Å². The Labute approximate surface area is 196 Å². The van der Waals surface area contributed by atoms with Crippen molar-refractivity contribution in [2.45, 2.75) is 82.9 Å². The molecule has 1 atom stereocenters. The molecule has 1 aromatic carbocycles. The number of rotatable bonds is 6. The number of carbonyl (C=O) groups excluding carboxylic acids is 1. The lowest BCUT2D eigenvalue weighted by Gasteiger charge is -2.44. The number of hydrogen-bond donors (Lipinski definition) is 1. The van der Waals surface area contributed by atoms with Crippen LogP contribution in [0.5, 0.6) is 0 Å². The van der Waals surface area contributed by atoms with Crippen molar-refractivity contribution in [2.24, 2.45) is 5.41 Å². The van der Waals surface area contributed by atoms with E-state index < -0.39 is 11.5 Å². The van der Waals surface area contributed by atoms with Gasteiger partial charge in [0.05, 0.1) is 0 Å². The lowest BCUT2D eigenvalue weighted by molar-refractivity contribution is -0.165. The summed E-state index contributed by atoms with van der Waals surface area (Å²) in [6.07, 6.45) is 12.6. The lowest BCUT2D eigenvalue weighted by Crippen LogP contribution is -2.46. The number of aliphatic hydroxyl groups is 1. The van der Waals surface area contributed by atoms with Gasteiger partial charge < -0.3 is 14.9 Å². The Morgan fingerprint density at radius 2 is 1.67 bits per heavy atom. The summed E-state index contributed by atoms with van der Waals surface area (Å²) in [7, 11) is 2.10. The Balaban J connectivity index is 1.47. The van der Waals surface area contributed by atoms with E-state index in [0.29, 0.717) is 12.5 Å². The summed E-state index contributed by atoms with van der Waals surface area (Å²) in [5.41, 5.74) is -0.0542. The van der Waals surface area contributed by atoms with Gasteiger partial charge in [0.15, 0.2) is 0 Å². The highest BCUT2D eigenvalue weighted by molar-refractivity contribution is 5.95.